The number of aliphatic hydroxyl groups is 1. The Morgan fingerprint density at radius 2 is 1.81 bits per heavy atom. The number of carbonyl (C=O) groups is 1. The molecule has 0 amide bonds. The fraction of sp³-hybridized carbons (Fsp3) is 0.571. The number of ketones is 1. The van der Waals surface area contributed by atoms with E-state index in [9.17, 15) is 18.3 Å². The number of aliphatic hydroxyl groups excluding tert-OH is 1. The number of allylic oxidation sites excluding steroid dienone is 1. The van der Waals surface area contributed by atoms with E-state index in [0.29, 0.717) is 17.8 Å². The van der Waals surface area contributed by atoms with E-state index >= 15 is 0 Å². The predicted molar refractivity (Wildman–Crippen MR) is 101 cm³/mol. The molecule has 5 nitrogen and oxygen atoms in total. The van der Waals surface area contributed by atoms with Gasteiger partial charge >= 0.3 is 0 Å². The average molecular weight is 388 g/mol. The van der Waals surface area contributed by atoms with Gasteiger partial charge in [0.05, 0.1) is 4.90 Å². The van der Waals surface area contributed by atoms with Gasteiger partial charge in [-0.1, -0.05) is 12.1 Å². The van der Waals surface area contributed by atoms with Crippen LogP contribution < -0.4 is 0 Å². The topological polar surface area (TPSA) is 74.7 Å². The first kappa shape index (κ1) is 17.3. The molecule has 3 fully saturated rings. The van der Waals surface area contributed by atoms with Gasteiger partial charge < -0.3 is 5.11 Å². The molecule has 1 aliphatic heterocycles. The predicted octanol–water partition coefficient (Wildman–Crippen LogP) is 3.58. The molecule has 0 radical (unpaired) electrons. The first-order valence-corrected chi connectivity index (χ1v) is 11.4. The summed E-state index contributed by atoms with van der Waals surface area (Å²) in [5, 5.41) is 10.8. The molecule has 1 aromatic rings. The second kappa shape index (κ2) is 5.84. The number of hydrogen-bond acceptors (Lipinski definition) is 4. The highest BCUT2D eigenvalue weighted by Crippen LogP contribution is 2.56. The van der Waals surface area contributed by atoms with Crippen molar-refractivity contribution in [1.82, 2.24) is 4.31 Å². The fourth-order valence-corrected chi connectivity index (χ4v) is 7.70. The van der Waals surface area contributed by atoms with Crippen LogP contribution in [-0.2, 0) is 14.8 Å². The number of nitrogens with zero attached hydrogens (tertiary/aromatic N) is 1. The third-order valence-electron chi connectivity index (χ3n) is 7.44. The molecule has 1 N–H and O–H groups in total. The maximum absolute atomic E-state index is 13.6. The standard InChI is InChI=1S/C21H25NO4S/c1-22-19(21(24)16-4-2-3-5-18(16)27(22,25)26)20(23)15-7-6-12-8-13-10-14(9-12)17(15)11-13/h2-5,12-15,17,24H,6-11H2,1H3. The van der Waals surface area contributed by atoms with Gasteiger partial charge in [-0.3, -0.25) is 9.10 Å². The second-order valence-corrected chi connectivity index (χ2v) is 10.8. The van der Waals surface area contributed by atoms with Gasteiger partial charge in [0.1, 0.15) is 5.70 Å². The molecule has 0 saturated heterocycles. The molecule has 3 aliphatic carbocycles. The average Bonchev–Trinajstić information content (AvgIpc) is 2.87. The van der Waals surface area contributed by atoms with Gasteiger partial charge in [0.2, 0.25) is 0 Å². The molecule has 1 heterocycles. The Hall–Kier alpha value is -1.82. The summed E-state index contributed by atoms with van der Waals surface area (Å²) in [6, 6.07) is 6.36. The Balaban J connectivity index is 1.59. The number of rotatable bonds is 2. The molecule has 0 aromatic heterocycles. The van der Waals surface area contributed by atoms with E-state index < -0.39 is 10.0 Å². The number of sulfonamides is 1. The zero-order chi connectivity index (χ0) is 18.9. The van der Waals surface area contributed by atoms with Crippen molar-refractivity contribution in [2.75, 3.05) is 7.05 Å². The van der Waals surface area contributed by atoms with Crippen LogP contribution in [0.1, 0.15) is 44.1 Å². The third kappa shape index (κ3) is 2.42. The van der Waals surface area contributed by atoms with Crippen LogP contribution in [0.2, 0.25) is 0 Å². The lowest BCUT2D eigenvalue weighted by Crippen LogP contribution is -2.39. The van der Waals surface area contributed by atoms with E-state index in [-0.39, 0.29) is 33.6 Å². The minimum atomic E-state index is -3.83. The number of hydrogen-bond donors (Lipinski definition) is 1. The summed E-state index contributed by atoms with van der Waals surface area (Å²) >= 11 is 0. The van der Waals surface area contributed by atoms with Crippen molar-refractivity contribution >= 4 is 21.6 Å². The fourth-order valence-electron chi connectivity index (χ4n) is 6.30. The molecule has 144 valence electrons. The molecular formula is C21H25NO4S. The van der Waals surface area contributed by atoms with Crippen LogP contribution >= 0.6 is 0 Å². The van der Waals surface area contributed by atoms with Gasteiger partial charge in [-0.05, 0) is 74.3 Å². The first-order valence-electron chi connectivity index (χ1n) is 9.93. The minimum Gasteiger partial charge on any atom is -0.505 e. The monoisotopic (exact) mass is 387 g/mol. The smallest absolute Gasteiger partial charge is 0.265 e. The van der Waals surface area contributed by atoms with E-state index in [2.05, 4.69) is 0 Å². The van der Waals surface area contributed by atoms with Crippen LogP contribution in [0.4, 0.5) is 0 Å². The quantitative estimate of drug-likeness (QED) is 0.842. The first-order chi connectivity index (χ1) is 12.9. The maximum atomic E-state index is 13.6. The van der Waals surface area contributed by atoms with Gasteiger partial charge in [0.25, 0.3) is 10.0 Å². The lowest BCUT2D eigenvalue weighted by molar-refractivity contribution is -0.122. The molecule has 5 unspecified atom stereocenters. The molecule has 5 rings (SSSR count). The number of fused-ring (bicyclic) bond motifs is 3. The van der Waals surface area contributed by atoms with Crippen molar-refractivity contribution in [3.8, 4) is 0 Å². The van der Waals surface area contributed by atoms with E-state index in [4.69, 9.17) is 0 Å². The molecule has 3 saturated carbocycles. The van der Waals surface area contributed by atoms with Crippen LogP contribution in [-0.4, -0.2) is 30.7 Å². The largest absolute Gasteiger partial charge is 0.505 e. The van der Waals surface area contributed by atoms with Crippen LogP contribution in [0.15, 0.2) is 34.9 Å². The van der Waals surface area contributed by atoms with Crippen LogP contribution in [0, 0.1) is 29.6 Å². The zero-order valence-corrected chi connectivity index (χ0v) is 16.3. The third-order valence-corrected chi connectivity index (χ3v) is 9.26. The van der Waals surface area contributed by atoms with E-state index in [1.54, 1.807) is 18.2 Å². The molecule has 3 bridgehead atoms. The molecule has 1 aromatic carbocycles. The van der Waals surface area contributed by atoms with Crippen molar-refractivity contribution < 1.29 is 18.3 Å². The molecular weight excluding hydrogens is 362 g/mol. The van der Waals surface area contributed by atoms with Crippen LogP contribution in [0.25, 0.3) is 5.76 Å². The van der Waals surface area contributed by atoms with Crippen LogP contribution in [0.3, 0.4) is 0 Å². The van der Waals surface area contributed by atoms with Gasteiger partial charge in [-0.25, -0.2) is 8.42 Å². The highest BCUT2D eigenvalue weighted by molar-refractivity contribution is 7.89. The van der Waals surface area contributed by atoms with Crippen LogP contribution in [0.5, 0.6) is 0 Å². The lowest BCUT2D eigenvalue weighted by Gasteiger charge is -2.32. The lowest BCUT2D eigenvalue weighted by atomic mass is 9.79. The SMILES string of the molecule is CN1C(C(=O)C2CCC3CC4CC(C3)C2C4)=C(O)c2ccccc2S1(=O)=O. The zero-order valence-electron chi connectivity index (χ0n) is 15.5. The number of benzene rings is 1. The van der Waals surface area contributed by atoms with Gasteiger partial charge in [0, 0.05) is 18.5 Å². The highest BCUT2D eigenvalue weighted by atomic mass is 32.2. The minimum absolute atomic E-state index is 0.0417. The van der Waals surface area contributed by atoms with Gasteiger partial charge in [-0.15, -0.1) is 0 Å². The highest BCUT2D eigenvalue weighted by Gasteiger charge is 2.50. The molecule has 4 aliphatic rings. The maximum Gasteiger partial charge on any atom is 0.265 e. The summed E-state index contributed by atoms with van der Waals surface area (Å²) in [6.45, 7) is 0. The molecule has 0 spiro atoms. The van der Waals surface area contributed by atoms with Crippen molar-refractivity contribution in [3.63, 3.8) is 0 Å². The van der Waals surface area contributed by atoms with Gasteiger partial charge in [-0.2, -0.15) is 0 Å². The van der Waals surface area contributed by atoms with E-state index in [1.165, 1.54) is 32.4 Å². The number of likely N-dealkylation sites (N-methyl/N-ethyl adjacent to an activating group) is 1. The second-order valence-electron chi connectivity index (χ2n) is 8.81. The summed E-state index contributed by atoms with van der Waals surface area (Å²) in [7, 11) is -2.44. The molecule has 5 atom stereocenters. The van der Waals surface area contributed by atoms with Crippen molar-refractivity contribution in [2.24, 2.45) is 29.6 Å². The Labute approximate surface area is 160 Å². The Bertz CT molecular complexity index is 951. The number of carbonyl (C=O) groups excluding carboxylic acids is 1. The summed E-state index contributed by atoms with van der Waals surface area (Å²) in [5.41, 5.74) is 0.193. The number of Topliss-reactive ketones (excluding diaryl/α,β-unsaturated/α-hetero) is 1. The normalized spacial score (nSPS) is 36.5. The Morgan fingerprint density at radius 1 is 1.07 bits per heavy atom. The van der Waals surface area contributed by atoms with Gasteiger partial charge in [0.15, 0.2) is 11.5 Å². The molecule has 27 heavy (non-hydrogen) atoms. The van der Waals surface area contributed by atoms with E-state index in [1.807, 2.05) is 0 Å². The van der Waals surface area contributed by atoms with Crippen molar-refractivity contribution in [2.45, 2.75) is 43.4 Å². The summed E-state index contributed by atoms with van der Waals surface area (Å²) in [5.74, 6) is 1.81. The summed E-state index contributed by atoms with van der Waals surface area (Å²) < 4.78 is 26.9. The molecule has 6 heteroatoms. The Kier molecular flexibility index (Phi) is 3.74. The summed E-state index contributed by atoms with van der Waals surface area (Å²) in [4.78, 5) is 13.6. The van der Waals surface area contributed by atoms with E-state index in [0.717, 1.165) is 29.5 Å². The Morgan fingerprint density at radius 3 is 2.63 bits per heavy atom. The van der Waals surface area contributed by atoms with Crippen molar-refractivity contribution in [1.29, 1.82) is 0 Å². The summed E-state index contributed by atoms with van der Waals surface area (Å²) in [6.07, 6.45) is 6.66. The van der Waals surface area contributed by atoms with Crippen molar-refractivity contribution in [3.05, 3.63) is 35.5 Å².